The number of ether oxygens (including phenoxy) is 1. The maximum atomic E-state index is 10.8. The van der Waals surface area contributed by atoms with Crippen LogP contribution in [0.1, 0.15) is 11.1 Å². The summed E-state index contributed by atoms with van der Waals surface area (Å²) in [6.45, 7) is 6.00. The van der Waals surface area contributed by atoms with Gasteiger partial charge in [0.15, 0.2) is 5.96 Å². The second-order valence-corrected chi connectivity index (χ2v) is 7.32. The van der Waals surface area contributed by atoms with E-state index >= 15 is 0 Å². The highest BCUT2D eigenvalue weighted by Crippen LogP contribution is 2.14. The highest BCUT2D eigenvalue weighted by Gasteiger charge is 2.10. The van der Waals surface area contributed by atoms with Crippen LogP contribution in [0.5, 0.6) is 0 Å². The van der Waals surface area contributed by atoms with Crippen molar-refractivity contribution < 1.29 is 9.66 Å². The predicted molar refractivity (Wildman–Crippen MR) is 118 cm³/mol. The van der Waals surface area contributed by atoms with Crippen LogP contribution in [0.2, 0.25) is 5.02 Å². The second kappa shape index (κ2) is 11.5. The average molecular weight is 432 g/mol. The van der Waals surface area contributed by atoms with Crippen molar-refractivity contribution in [1.82, 2.24) is 15.5 Å². The van der Waals surface area contributed by atoms with Crippen molar-refractivity contribution in [3.8, 4) is 0 Å². The number of benzene rings is 2. The molecule has 0 aromatic heterocycles. The number of non-ortho nitro benzene ring substituents is 1. The van der Waals surface area contributed by atoms with Crippen molar-refractivity contribution in [3.63, 3.8) is 0 Å². The fourth-order valence-electron chi connectivity index (χ4n) is 3.05. The molecule has 1 aliphatic heterocycles. The van der Waals surface area contributed by atoms with Crippen LogP contribution in [-0.4, -0.2) is 55.2 Å². The number of rotatable bonds is 8. The number of hydrogen-bond acceptors (Lipinski definition) is 5. The van der Waals surface area contributed by atoms with Crippen LogP contribution in [-0.2, 0) is 17.8 Å². The number of nitrogens with one attached hydrogen (secondary N) is 2. The minimum atomic E-state index is -0.406. The van der Waals surface area contributed by atoms with Crippen LogP contribution in [0.4, 0.5) is 5.69 Å². The number of morpholine rings is 1. The summed E-state index contributed by atoms with van der Waals surface area (Å²) in [5.41, 5.74) is 1.95. The Hall–Kier alpha value is -2.68. The summed E-state index contributed by atoms with van der Waals surface area (Å²) >= 11 is 6.25. The molecule has 0 spiro atoms. The monoisotopic (exact) mass is 431 g/mol. The van der Waals surface area contributed by atoms with Gasteiger partial charge in [0.1, 0.15) is 0 Å². The summed E-state index contributed by atoms with van der Waals surface area (Å²) in [6, 6.07) is 14.1. The molecule has 9 heteroatoms. The number of halogens is 1. The molecule has 0 radical (unpaired) electrons. The van der Waals surface area contributed by atoms with Gasteiger partial charge in [-0.15, -0.1) is 0 Å². The van der Waals surface area contributed by atoms with Gasteiger partial charge in [0.25, 0.3) is 5.69 Å². The smallest absolute Gasteiger partial charge is 0.269 e. The predicted octanol–water partition coefficient (Wildman–Crippen LogP) is 2.82. The van der Waals surface area contributed by atoms with E-state index in [1.807, 2.05) is 24.3 Å². The first-order chi connectivity index (χ1) is 14.6. The van der Waals surface area contributed by atoms with Crippen LogP contribution in [0.25, 0.3) is 0 Å². The minimum absolute atomic E-state index is 0.0726. The van der Waals surface area contributed by atoms with E-state index in [1.165, 1.54) is 12.1 Å². The van der Waals surface area contributed by atoms with Gasteiger partial charge in [-0.05, 0) is 17.2 Å². The van der Waals surface area contributed by atoms with Crippen molar-refractivity contribution >= 4 is 23.2 Å². The molecule has 0 aliphatic carbocycles. The van der Waals surface area contributed by atoms with Crippen LogP contribution in [0, 0.1) is 10.1 Å². The van der Waals surface area contributed by atoms with Gasteiger partial charge in [0.05, 0.1) is 24.7 Å². The lowest BCUT2D eigenvalue weighted by Crippen LogP contribution is -2.44. The molecule has 1 heterocycles. The van der Waals surface area contributed by atoms with Crippen LogP contribution >= 0.6 is 11.6 Å². The van der Waals surface area contributed by atoms with Crippen molar-refractivity contribution in [2.75, 3.05) is 39.4 Å². The van der Waals surface area contributed by atoms with E-state index in [0.717, 1.165) is 50.5 Å². The summed E-state index contributed by atoms with van der Waals surface area (Å²) < 4.78 is 5.38. The summed E-state index contributed by atoms with van der Waals surface area (Å²) in [6.07, 6.45) is 0. The molecule has 2 aromatic carbocycles. The van der Waals surface area contributed by atoms with Crippen molar-refractivity contribution in [1.29, 1.82) is 0 Å². The van der Waals surface area contributed by atoms with E-state index < -0.39 is 4.92 Å². The number of aliphatic imine (C=N–C) groups is 1. The molecule has 0 unspecified atom stereocenters. The Kier molecular flexibility index (Phi) is 8.43. The van der Waals surface area contributed by atoms with Gasteiger partial charge in [-0.3, -0.25) is 15.0 Å². The topological polar surface area (TPSA) is 92.0 Å². The summed E-state index contributed by atoms with van der Waals surface area (Å²) in [5.74, 6) is 0.668. The van der Waals surface area contributed by atoms with E-state index in [-0.39, 0.29) is 5.69 Å². The number of nitro groups is 1. The van der Waals surface area contributed by atoms with E-state index in [2.05, 4.69) is 20.5 Å². The zero-order valence-electron chi connectivity index (χ0n) is 16.7. The maximum absolute atomic E-state index is 10.8. The third-order valence-electron chi connectivity index (χ3n) is 4.80. The Morgan fingerprint density at radius 2 is 1.87 bits per heavy atom. The standard InChI is InChI=1S/C21H26ClN5O3/c22-20-4-2-1-3-18(20)16-25-21(23-9-10-26-11-13-30-14-12-26)24-15-17-5-7-19(8-6-17)27(28)29/h1-8H,9-16H2,(H2,23,24,25). The van der Waals surface area contributed by atoms with Gasteiger partial charge >= 0.3 is 0 Å². The number of guanidine groups is 1. The molecule has 1 saturated heterocycles. The van der Waals surface area contributed by atoms with E-state index in [0.29, 0.717) is 24.1 Å². The maximum Gasteiger partial charge on any atom is 0.269 e. The van der Waals surface area contributed by atoms with E-state index in [1.54, 1.807) is 12.1 Å². The Morgan fingerprint density at radius 3 is 2.57 bits per heavy atom. The molecular weight excluding hydrogens is 406 g/mol. The molecule has 1 aliphatic rings. The van der Waals surface area contributed by atoms with Crippen LogP contribution < -0.4 is 10.6 Å². The quantitative estimate of drug-likeness (QED) is 0.289. The largest absolute Gasteiger partial charge is 0.379 e. The Morgan fingerprint density at radius 1 is 1.13 bits per heavy atom. The number of nitrogens with zero attached hydrogens (tertiary/aromatic N) is 3. The van der Waals surface area contributed by atoms with Gasteiger partial charge in [0, 0.05) is 49.9 Å². The molecule has 0 atom stereocenters. The molecule has 2 N–H and O–H groups in total. The molecule has 1 fully saturated rings. The molecule has 2 aromatic rings. The highest BCUT2D eigenvalue weighted by atomic mass is 35.5. The Labute approximate surface area is 181 Å². The minimum Gasteiger partial charge on any atom is -0.379 e. The van der Waals surface area contributed by atoms with Gasteiger partial charge in [-0.1, -0.05) is 41.9 Å². The highest BCUT2D eigenvalue weighted by molar-refractivity contribution is 6.31. The van der Waals surface area contributed by atoms with Crippen LogP contribution in [0.3, 0.4) is 0 Å². The Balaban J connectivity index is 1.60. The SMILES string of the molecule is O=[N+]([O-])c1ccc(CN=C(NCCN2CCOCC2)NCc2ccccc2Cl)cc1. The first kappa shape index (κ1) is 22.0. The lowest BCUT2D eigenvalue weighted by molar-refractivity contribution is -0.384. The molecule has 0 saturated carbocycles. The fourth-order valence-corrected chi connectivity index (χ4v) is 3.25. The molecule has 30 heavy (non-hydrogen) atoms. The van der Waals surface area contributed by atoms with E-state index in [4.69, 9.17) is 16.3 Å². The third kappa shape index (κ3) is 6.98. The summed E-state index contributed by atoms with van der Waals surface area (Å²) in [4.78, 5) is 17.4. The van der Waals surface area contributed by atoms with E-state index in [9.17, 15) is 10.1 Å². The number of nitro benzene ring substituents is 1. The van der Waals surface area contributed by atoms with Gasteiger partial charge in [0.2, 0.25) is 0 Å². The molecule has 0 bridgehead atoms. The van der Waals surface area contributed by atoms with Gasteiger partial charge in [-0.2, -0.15) is 0 Å². The molecule has 0 amide bonds. The first-order valence-electron chi connectivity index (χ1n) is 9.91. The molecule has 8 nitrogen and oxygen atoms in total. The number of hydrogen-bond donors (Lipinski definition) is 2. The van der Waals surface area contributed by atoms with Crippen molar-refractivity contribution in [3.05, 3.63) is 74.8 Å². The first-order valence-corrected chi connectivity index (χ1v) is 10.3. The van der Waals surface area contributed by atoms with Crippen molar-refractivity contribution in [2.45, 2.75) is 13.1 Å². The normalized spacial score (nSPS) is 15.0. The zero-order chi connectivity index (χ0) is 21.2. The average Bonchev–Trinajstić information content (AvgIpc) is 2.77. The zero-order valence-corrected chi connectivity index (χ0v) is 17.5. The van der Waals surface area contributed by atoms with Gasteiger partial charge in [-0.25, -0.2) is 4.99 Å². The molecular formula is C21H26ClN5O3. The third-order valence-corrected chi connectivity index (χ3v) is 5.16. The summed E-state index contributed by atoms with van der Waals surface area (Å²) in [7, 11) is 0. The fraction of sp³-hybridized carbons (Fsp3) is 0.381. The van der Waals surface area contributed by atoms with Gasteiger partial charge < -0.3 is 15.4 Å². The summed E-state index contributed by atoms with van der Waals surface area (Å²) in [5, 5.41) is 18.2. The second-order valence-electron chi connectivity index (χ2n) is 6.91. The lowest BCUT2D eigenvalue weighted by atomic mass is 10.2. The molecule has 160 valence electrons. The lowest BCUT2D eigenvalue weighted by Gasteiger charge is -2.26. The molecule has 3 rings (SSSR count). The Bertz CT molecular complexity index is 854. The van der Waals surface area contributed by atoms with Crippen molar-refractivity contribution in [2.24, 2.45) is 4.99 Å². The van der Waals surface area contributed by atoms with Crippen LogP contribution in [0.15, 0.2) is 53.5 Å².